The van der Waals surface area contributed by atoms with Crippen LogP contribution in [0.15, 0.2) is 42.5 Å². The van der Waals surface area contributed by atoms with Crippen LogP contribution in [0.25, 0.3) is 11.1 Å². The molecule has 2 atom stereocenters. The second-order valence-corrected chi connectivity index (χ2v) is 13.3. The fraction of sp³-hybridized carbons (Fsp3) is 0.543. The predicted molar refractivity (Wildman–Crippen MR) is 170 cm³/mol. The Hall–Kier alpha value is -4.15. The smallest absolute Gasteiger partial charge is 0.410 e. The number of halogens is 1. The Morgan fingerprint density at radius 3 is 2.33 bits per heavy atom. The van der Waals surface area contributed by atoms with Crippen LogP contribution in [0, 0.1) is 17.7 Å². The first-order chi connectivity index (χ1) is 21.8. The van der Waals surface area contributed by atoms with Gasteiger partial charge in [-0.1, -0.05) is 12.1 Å². The lowest BCUT2D eigenvalue weighted by atomic mass is 9.91. The Morgan fingerprint density at radius 2 is 1.67 bits per heavy atom. The summed E-state index contributed by atoms with van der Waals surface area (Å²) in [6, 6.07) is 9.80. The molecule has 2 aliphatic rings. The molecule has 2 heterocycles. The van der Waals surface area contributed by atoms with Gasteiger partial charge >= 0.3 is 12.1 Å². The Morgan fingerprint density at radius 1 is 0.978 bits per heavy atom. The van der Waals surface area contributed by atoms with Crippen LogP contribution in [0.3, 0.4) is 0 Å². The second kappa shape index (κ2) is 15.4. The van der Waals surface area contributed by atoms with E-state index in [9.17, 15) is 28.7 Å². The van der Waals surface area contributed by atoms with Gasteiger partial charge in [0.2, 0.25) is 11.8 Å². The van der Waals surface area contributed by atoms with Gasteiger partial charge in [0.1, 0.15) is 17.2 Å². The lowest BCUT2D eigenvalue weighted by molar-refractivity contribution is -0.141. The zero-order chi connectivity index (χ0) is 33.4. The van der Waals surface area contributed by atoms with Gasteiger partial charge in [-0.2, -0.15) is 0 Å². The van der Waals surface area contributed by atoms with Gasteiger partial charge < -0.3 is 29.7 Å². The number of likely N-dealkylation sites (tertiary alicyclic amines) is 2. The number of hydrogen-bond donors (Lipinski definition) is 2. The SMILES string of the molecule is COC(=O)CC(NC(=O)C1CCCN(C(=O)CCC2CCN(C(=O)OC(C)(C)C)CC2)C1)c1cc(F)cc(-c2ccc(O)cc2)c1. The maximum Gasteiger partial charge on any atom is 0.410 e. The molecule has 2 saturated heterocycles. The Bertz CT molecular complexity index is 1380. The van der Waals surface area contributed by atoms with Crippen molar-refractivity contribution in [3.05, 3.63) is 53.8 Å². The van der Waals surface area contributed by atoms with Gasteiger partial charge in [0.05, 0.1) is 25.5 Å². The summed E-state index contributed by atoms with van der Waals surface area (Å²) >= 11 is 0. The number of phenolic OH excluding ortho intramolecular Hbond substituents is 1. The molecule has 2 unspecified atom stereocenters. The van der Waals surface area contributed by atoms with Gasteiger partial charge in [0, 0.05) is 32.6 Å². The number of hydrogen-bond acceptors (Lipinski definition) is 7. The first kappa shape index (κ1) is 34.7. The van der Waals surface area contributed by atoms with E-state index in [1.807, 2.05) is 20.8 Å². The van der Waals surface area contributed by atoms with Crippen molar-refractivity contribution in [3.63, 3.8) is 0 Å². The summed E-state index contributed by atoms with van der Waals surface area (Å²) in [5.41, 5.74) is 1.06. The summed E-state index contributed by atoms with van der Waals surface area (Å²) in [4.78, 5) is 54.8. The zero-order valence-corrected chi connectivity index (χ0v) is 27.2. The molecule has 11 heteroatoms. The number of phenols is 1. The molecule has 0 spiro atoms. The molecule has 0 radical (unpaired) electrons. The van der Waals surface area contributed by atoms with E-state index in [2.05, 4.69) is 5.32 Å². The van der Waals surface area contributed by atoms with Crippen LogP contribution in [0.5, 0.6) is 5.75 Å². The molecule has 250 valence electrons. The van der Waals surface area contributed by atoms with Crippen LogP contribution in [0.4, 0.5) is 9.18 Å². The Kier molecular flexibility index (Phi) is 11.6. The number of rotatable bonds is 9. The number of methoxy groups -OCH3 is 1. The topological polar surface area (TPSA) is 125 Å². The van der Waals surface area contributed by atoms with E-state index in [-0.39, 0.29) is 36.6 Å². The third kappa shape index (κ3) is 9.92. The third-order valence-electron chi connectivity index (χ3n) is 8.62. The van der Waals surface area contributed by atoms with Crippen molar-refractivity contribution in [3.8, 4) is 16.9 Å². The minimum absolute atomic E-state index is 0.00172. The van der Waals surface area contributed by atoms with Crippen LogP contribution in [0.1, 0.15) is 77.3 Å². The molecule has 0 aromatic heterocycles. The highest BCUT2D eigenvalue weighted by Gasteiger charge is 2.32. The number of carbonyl (C=O) groups excluding carboxylic acids is 4. The van der Waals surface area contributed by atoms with Crippen molar-refractivity contribution in [1.82, 2.24) is 15.1 Å². The third-order valence-corrected chi connectivity index (χ3v) is 8.62. The number of piperidine rings is 2. The van der Waals surface area contributed by atoms with E-state index in [0.717, 1.165) is 19.3 Å². The van der Waals surface area contributed by atoms with Crippen molar-refractivity contribution < 1.29 is 38.1 Å². The van der Waals surface area contributed by atoms with Gasteiger partial charge in [-0.3, -0.25) is 14.4 Å². The number of nitrogens with zero attached hydrogens (tertiary/aromatic N) is 2. The fourth-order valence-corrected chi connectivity index (χ4v) is 6.06. The maximum absolute atomic E-state index is 14.8. The molecule has 46 heavy (non-hydrogen) atoms. The first-order valence-electron chi connectivity index (χ1n) is 16.0. The number of aromatic hydroxyl groups is 1. The van der Waals surface area contributed by atoms with E-state index < -0.39 is 29.3 Å². The van der Waals surface area contributed by atoms with Crippen LogP contribution in [-0.4, -0.2) is 77.7 Å². The van der Waals surface area contributed by atoms with E-state index in [4.69, 9.17) is 9.47 Å². The van der Waals surface area contributed by atoms with Crippen molar-refractivity contribution in [2.75, 3.05) is 33.3 Å². The minimum atomic E-state index is -0.843. The molecule has 0 saturated carbocycles. The molecular formula is C35H46FN3O7. The number of benzene rings is 2. The summed E-state index contributed by atoms with van der Waals surface area (Å²) < 4.78 is 25.1. The number of nitrogens with one attached hydrogen (secondary N) is 1. The Labute approximate surface area is 270 Å². The highest BCUT2D eigenvalue weighted by Crippen LogP contribution is 2.29. The Balaban J connectivity index is 1.34. The van der Waals surface area contributed by atoms with Crippen molar-refractivity contribution >= 4 is 23.9 Å². The van der Waals surface area contributed by atoms with E-state index in [1.54, 1.807) is 28.0 Å². The number of esters is 1. The van der Waals surface area contributed by atoms with Gasteiger partial charge in [-0.05, 0) is 106 Å². The highest BCUT2D eigenvalue weighted by atomic mass is 19.1. The second-order valence-electron chi connectivity index (χ2n) is 13.3. The number of carbonyl (C=O) groups is 4. The molecule has 10 nitrogen and oxygen atoms in total. The van der Waals surface area contributed by atoms with E-state index >= 15 is 0 Å². The predicted octanol–water partition coefficient (Wildman–Crippen LogP) is 5.58. The van der Waals surface area contributed by atoms with Crippen molar-refractivity contribution in [1.29, 1.82) is 0 Å². The molecule has 2 aromatic rings. The highest BCUT2D eigenvalue weighted by molar-refractivity contribution is 5.82. The summed E-state index contributed by atoms with van der Waals surface area (Å²) in [6.07, 6.45) is 3.49. The lowest BCUT2D eigenvalue weighted by Crippen LogP contribution is -2.46. The fourth-order valence-electron chi connectivity index (χ4n) is 6.06. The van der Waals surface area contributed by atoms with Crippen molar-refractivity contribution in [2.24, 2.45) is 11.8 Å². The molecule has 2 fully saturated rings. The molecule has 2 aromatic carbocycles. The molecule has 0 bridgehead atoms. The average molecular weight is 640 g/mol. The van der Waals surface area contributed by atoms with E-state index in [1.165, 1.54) is 31.4 Å². The molecular weight excluding hydrogens is 593 g/mol. The molecule has 2 N–H and O–H groups in total. The lowest BCUT2D eigenvalue weighted by Gasteiger charge is -2.35. The molecule has 0 aliphatic carbocycles. The normalized spacial score (nSPS) is 18.1. The van der Waals surface area contributed by atoms with Crippen LogP contribution >= 0.6 is 0 Å². The summed E-state index contributed by atoms with van der Waals surface area (Å²) in [6.45, 7) is 7.60. The molecule has 2 aliphatic heterocycles. The zero-order valence-electron chi connectivity index (χ0n) is 27.2. The monoisotopic (exact) mass is 639 g/mol. The van der Waals surface area contributed by atoms with Gasteiger partial charge in [-0.15, -0.1) is 0 Å². The van der Waals surface area contributed by atoms with Gasteiger partial charge in [0.15, 0.2) is 0 Å². The summed E-state index contributed by atoms with van der Waals surface area (Å²) in [5, 5.41) is 12.6. The standard InChI is InChI=1S/C35H46FN3O7/c1-35(2,3)46-34(44)38-16-13-23(14-17-38)7-12-31(41)39-15-5-6-25(22-39)33(43)37-30(21-32(42)45-4)27-18-26(19-28(36)20-27)24-8-10-29(40)11-9-24/h8-11,18-20,23,25,30,40H,5-7,12-17,21-22H2,1-4H3,(H,37,43). The van der Waals surface area contributed by atoms with Crippen LogP contribution < -0.4 is 5.32 Å². The van der Waals surface area contributed by atoms with E-state index in [0.29, 0.717) is 61.5 Å². The van der Waals surface area contributed by atoms with Crippen LogP contribution in [-0.2, 0) is 23.9 Å². The quantitative estimate of drug-likeness (QED) is 0.343. The number of amides is 3. The van der Waals surface area contributed by atoms with Crippen molar-refractivity contribution in [2.45, 2.75) is 77.4 Å². The molecule has 3 amide bonds. The first-order valence-corrected chi connectivity index (χ1v) is 16.0. The minimum Gasteiger partial charge on any atom is -0.508 e. The average Bonchev–Trinajstić information content (AvgIpc) is 3.02. The maximum atomic E-state index is 14.8. The van der Waals surface area contributed by atoms with Gasteiger partial charge in [-0.25, -0.2) is 9.18 Å². The molecule has 4 rings (SSSR count). The van der Waals surface area contributed by atoms with Gasteiger partial charge in [0.25, 0.3) is 0 Å². The largest absolute Gasteiger partial charge is 0.508 e. The summed E-state index contributed by atoms with van der Waals surface area (Å²) in [5.74, 6) is -1.45. The number of ether oxygens (including phenoxy) is 2. The van der Waals surface area contributed by atoms with Crippen LogP contribution in [0.2, 0.25) is 0 Å². The summed E-state index contributed by atoms with van der Waals surface area (Å²) in [7, 11) is 1.25.